The van der Waals surface area contributed by atoms with Crippen LogP contribution in [0.5, 0.6) is 5.75 Å². The van der Waals surface area contributed by atoms with Crippen molar-refractivity contribution in [2.45, 2.75) is 6.61 Å². The Balaban J connectivity index is 1.88. The van der Waals surface area contributed by atoms with Gasteiger partial charge in [-0.1, -0.05) is 71.7 Å². The molecular formula is C22H14Cl2FNO. The highest BCUT2D eigenvalue weighted by atomic mass is 35.5. The Bertz CT molecular complexity index is 1000. The van der Waals surface area contributed by atoms with Gasteiger partial charge in [-0.05, 0) is 35.4 Å². The highest BCUT2D eigenvalue weighted by Gasteiger charge is 2.12. The van der Waals surface area contributed by atoms with Crippen LogP contribution < -0.4 is 4.74 Å². The smallest absolute Gasteiger partial charge is 0.157 e. The monoisotopic (exact) mass is 397 g/mol. The first kappa shape index (κ1) is 19.0. The van der Waals surface area contributed by atoms with Gasteiger partial charge in [0.2, 0.25) is 0 Å². The van der Waals surface area contributed by atoms with E-state index in [4.69, 9.17) is 27.9 Å². The molecule has 0 N–H and O–H groups in total. The van der Waals surface area contributed by atoms with Crippen LogP contribution in [0.25, 0.3) is 11.6 Å². The van der Waals surface area contributed by atoms with Crippen molar-refractivity contribution in [1.82, 2.24) is 0 Å². The summed E-state index contributed by atoms with van der Waals surface area (Å²) in [5.74, 6) is -0.103. The molecule has 3 aromatic rings. The second-order valence-corrected chi connectivity index (χ2v) is 6.55. The number of hydrogen-bond donors (Lipinski definition) is 0. The van der Waals surface area contributed by atoms with Gasteiger partial charge < -0.3 is 4.74 Å². The number of ether oxygens (including phenoxy) is 1. The van der Waals surface area contributed by atoms with Crippen LogP contribution in [0.15, 0.2) is 66.7 Å². The maximum Gasteiger partial charge on any atom is 0.157 e. The fraction of sp³-hybridized carbons (Fsp3) is 0.0455. The Morgan fingerprint density at radius 1 is 1.00 bits per heavy atom. The van der Waals surface area contributed by atoms with E-state index in [-0.39, 0.29) is 11.1 Å². The molecule has 2 nitrogen and oxygen atoms in total. The minimum Gasteiger partial charge on any atom is -0.486 e. The van der Waals surface area contributed by atoms with E-state index in [1.54, 1.807) is 30.3 Å². The van der Waals surface area contributed by atoms with E-state index in [0.717, 1.165) is 5.56 Å². The molecule has 0 radical (unpaired) electrons. The maximum atomic E-state index is 13.9. The van der Waals surface area contributed by atoms with Gasteiger partial charge in [0.05, 0.1) is 21.7 Å². The molecule has 27 heavy (non-hydrogen) atoms. The van der Waals surface area contributed by atoms with Crippen molar-refractivity contribution in [1.29, 1.82) is 5.26 Å². The molecule has 0 aliphatic rings. The molecule has 0 aliphatic carbocycles. The molecule has 0 bridgehead atoms. The second kappa shape index (κ2) is 8.73. The Labute approximate surface area is 167 Å². The summed E-state index contributed by atoms with van der Waals surface area (Å²) < 4.78 is 19.7. The Morgan fingerprint density at radius 2 is 1.63 bits per heavy atom. The molecule has 3 aromatic carbocycles. The summed E-state index contributed by atoms with van der Waals surface area (Å²) >= 11 is 12.6. The van der Waals surface area contributed by atoms with Gasteiger partial charge in [-0.15, -0.1) is 0 Å². The average molecular weight is 398 g/mol. The van der Waals surface area contributed by atoms with Crippen molar-refractivity contribution in [3.63, 3.8) is 0 Å². The second-order valence-electron chi connectivity index (χ2n) is 5.74. The zero-order chi connectivity index (χ0) is 19.2. The molecule has 0 saturated carbocycles. The van der Waals surface area contributed by atoms with Crippen molar-refractivity contribution in [2.24, 2.45) is 0 Å². The van der Waals surface area contributed by atoms with Crippen LogP contribution >= 0.6 is 23.2 Å². The van der Waals surface area contributed by atoms with E-state index in [2.05, 4.69) is 0 Å². The van der Waals surface area contributed by atoms with Crippen molar-refractivity contribution >= 4 is 34.9 Å². The highest BCUT2D eigenvalue weighted by Crippen LogP contribution is 2.36. The predicted octanol–water partition coefficient (Wildman–Crippen LogP) is 6.78. The molecule has 0 aliphatic heterocycles. The third-order valence-corrected chi connectivity index (χ3v) is 4.40. The van der Waals surface area contributed by atoms with Crippen molar-refractivity contribution in [3.8, 4) is 11.8 Å². The number of benzene rings is 3. The molecule has 5 heteroatoms. The van der Waals surface area contributed by atoms with Crippen LogP contribution in [-0.2, 0) is 6.61 Å². The van der Waals surface area contributed by atoms with Crippen LogP contribution in [0.4, 0.5) is 4.39 Å². The molecule has 0 aromatic heterocycles. The molecule has 0 unspecified atom stereocenters. The quantitative estimate of drug-likeness (QED) is 0.351. The van der Waals surface area contributed by atoms with Crippen LogP contribution in [0.1, 0.15) is 16.7 Å². The minimum atomic E-state index is -0.467. The molecule has 0 atom stereocenters. The standard InChI is InChI=1S/C22H14Cl2FNO/c23-19-11-16(10-17(13-26)18-8-4-5-9-21(18)25)12-20(24)22(19)27-14-15-6-2-1-3-7-15/h1-12H,14H2/b17-10-. The fourth-order valence-electron chi connectivity index (χ4n) is 2.55. The number of nitriles is 1. The lowest BCUT2D eigenvalue weighted by Gasteiger charge is -2.11. The minimum absolute atomic E-state index is 0.179. The first-order valence-corrected chi connectivity index (χ1v) is 8.86. The van der Waals surface area contributed by atoms with Crippen molar-refractivity contribution in [3.05, 3.63) is 99.3 Å². The maximum absolute atomic E-state index is 13.9. The summed E-state index contributed by atoms with van der Waals surface area (Å²) in [5.41, 5.74) is 1.96. The van der Waals surface area contributed by atoms with E-state index in [1.165, 1.54) is 12.1 Å². The summed E-state index contributed by atoms with van der Waals surface area (Å²) in [5, 5.41) is 10.0. The van der Waals surface area contributed by atoms with Gasteiger partial charge in [0, 0.05) is 5.56 Å². The fourth-order valence-corrected chi connectivity index (χ4v) is 3.16. The van der Waals surface area contributed by atoms with E-state index in [0.29, 0.717) is 28.0 Å². The van der Waals surface area contributed by atoms with E-state index in [9.17, 15) is 9.65 Å². The Kier molecular flexibility index (Phi) is 6.13. The van der Waals surface area contributed by atoms with Gasteiger partial charge in [0.1, 0.15) is 12.4 Å². The molecule has 0 spiro atoms. The van der Waals surface area contributed by atoms with E-state index < -0.39 is 5.82 Å². The molecular weight excluding hydrogens is 384 g/mol. The first-order valence-electron chi connectivity index (χ1n) is 8.11. The number of nitrogens with zero attached hydrogens (tertiary/aromatic N) is 1. The molecule has 0 heterocycles. The van der Waals surface area contributed by atoms with Crippen LogP contribution in [0, 0.1) is 17.1 Å². The van der Waals surface area contributed by atoms with Crippen LogP contribution in [-0.4, -0.2) is 0 Å². The molecule has 0 amide bonds. The van der Waals surface area contributed by atoms with E-state index in [1.807, 2.05) is 36.4 Å². The molecule has 134 valence electrons. The van der Waals surface area contributed by atoms with Gasteiger partial charge >= 0.3 is 0 Å². The number of halogens is 3. The summed E-state index contributed by atoms with van der Waals surface area (Å²) in [6.45, 7) is 0.328. The summed E-state index contributed by atoms with van der Waals surface area (Å²) in [6.07, 6.45) is 1.54. The molecule has 3 rings (SSSR count). The Hall–Kier alpha value is -2.80. The first-order chi connectivity index (χ1) is 13.1. The normalized spacial score (nSPS) is 11.1. The van der Waals surface area contributed by atoms with Crippen LogP contribution in [0.2, 0.25) is 10.0 Å². The van der Waals surface area contributed by atoms with Crippen molar-refractivity contribution < 1.29 is 9.13 Å². The lowest BCUT2D eigenvalue weighted by atomic mass is 10.0. The zero-order valence-corrected chi connectivity index (χ0v) is 15.6. The zero-order valence-electron chi connectivity index (χ0n) is 14.1. The summed E-state index contributed by atoms with van der Waals surface area (Å²) in [4.78, 5) is 0. The summed E-state index contributed by atoms with van der Waals surface area (Å²) in [6, 6.07) is 21.0. The largest absolute Gasteiger partial charge is 0.486 e. The average Bonchev–Trinajstić information content (AvgIpc) is 2.67. The molecule has 0 saturated heterocycles. The number of allylic oxidation sites excluding steroid dienone is 1. The third-order valence-electron chi connectivity index (χ3n) is 3.84. The van der Waals surface area contributed by atoms with Crippen LogP contribution in [0.3, 0.4) is 0 Å². The van der Waals surface area contributed by atoms with E-state index >= 15 is 0 Å². The predicted molar refractivity (Wildman–Crippen MR) is 107 cm³/mol. The van der Waals surface area contributed by atoms with Gasteiger partial charge in [-0.25, -0.2) is 4.39 Å². The van der Waals surface area contributed by atoms with Crippen molar-refractivity contribution in [2.75, 3.05) is 0 Å². The topological polar surface area (TPSA) is 33.0 Å². The third kappa shape index (κ3) is 4.68. The molecule has 0 fully saturated rings. The van der Waals surface area contributed by atoms with Gasteiger partial charge in [0.25, 0.3) is 0 Å². The van der Waals surface area contributed by atoms with Gasteiger partial charge in [-0.3, -0.25) is 0 Å². The Morgan fingerprint density at radius 3 is 2.26 bits per heavy atom. The lowest BCUT2D eigenvalue weighted by molar-refractivity contribution is 0.306. The SMILES string of the molecule is N#C/C(=C/c1cc(Cl)c(OCc2ccccc2)c(Cl)c1)c1ccccc1F. The number of hydrogen-bond acceptors (Lipinski definition) is 2. The van der Waals surface area contributed by atoms with Gasteiger partial charge in [0.15, 0.2) is 5.75 Å². The summed E-state index contributed by atoms with van der Waals surface area (Å²) in [7, 11) is 0. The number of rotatable bonds is 5. The lowest BCUT2D eigenvalue weighted by Crippen LogP contribution is -1.97. The van der Waals surface area contributed by atoms with Gasteiger partial charge in [-0.2, -0.15) is 5.26 Å². The highest BCUT2D eigenvalue weighted by molar-refractivity contribution is 6.37.